The summed E-state index contributed by atoms with van der Waals surface area (Å²) in [5, 5.41) is 0. The molecule has 1 saturated carbocycles. The third kappa shape index (κ3) is 6.35. The number of nitrogens with zero attached hydrogens (tertiary/aromatic N) is 2. The van der Waals surface area contributed by atoms with E-state index in [1.807, 2.05) is 27.8 Å². The Bertz CT molecular complexity index is 560. The Morgan fingerprint density at radius 2 is 1.68 bits per heavy atom. The molecule has 4 nitrogen and oxygen atoms in total. The summed E-state index contributed by atoms with van der Waals surface area (Å²) in [7, 11) is 4.04. The lowest BCUT2D eigenvalue weighted by Crippen LogP contribution is -2.43. The van der Waals surface area contributed by atoms with E-state index in [0.29, 0.717) is 12.0 Å². The van der Waals surface area contributed by atoms with Gasteiger partial charge in [0, 0.05) is 35.9 Å². The topological polar surface area (TPSA) is 32.8 Å². The van der Waals surface area contributed by atoms with Gasteiger partial charge in [0.25, 0.3) is 0 Å². The van der Waals surface area contributed by atoms with E-state index in [-0.39, 0.29) is 6.09 Å². The van der Waals surface area contributed by atoms with Crippen molar-refractivity contribution >= 4 is 34.4 Å². The number of rotatable bonds is 4. The molecule has 2 rings (SSSR count). The van der Waals surface area contributed by atoms with Crippen LogP contribution in [-0.2, 0) is 4.74 Å². The van der Waals surface area contributed by atoms with Gasteiger partial charge in [-0.05, 0) is 99.2 Å². The fourth-order valence-corrected chi connectivity index (χ4v) is 3.75. The Hall–Kier alpha value is -0.980. The zero-order valence-electron chi connectivity index (χ0n) is 16.1. The molecule has 1 aliphatic rings. The van der Waals surface area contributed by atoms with Crippen molar-refractivity contribution in [3.8, 4) is 0 Å². The predicted octanol–water partition coefficient (Wildman–Crippen LogP) is 5.15. The van der Waals surface area contributed by atoms with Crippen molar-refractivity contribution in [3.05, 3.63) is 27.8 Å². The molecule has 0 spiro atoms. The molecule has 0 aliphatic heterocycles. The van der Waals surface area contributed by atoms with Crippen LogP contribution in [0.25, 0.3) is 0 Å². The van der Waals surface area contributed by atoms with E-state index in [2.05, 4.69) is 58.8 Å². The number of benzene rings is 1. The predicted molar refractivity (Wildman–Crippen MR) is 112 cm³/mol. The number of halogens is 1. The van der Waals surface area contributed by atoms with E-state index < -0.39 is 5.60 Å². The van der Waals surface area contributed by atoms with Crippen LogP contribution in [0.1, 0.15) is 46.5 Å². The Morgan fingerprint density at radius 3 is 2.20 bits per heavy atom. The third-order valence-electron chi connectivity index (χ3n) is 4.84. The lowest BCUT2D eigenvalue weighted by atomic mass is 9.85. The zero-order chi connectivity index (χ0) is 18.6. The number of anilines is 1. The first kappa shape index (κ1) is 20.3. The van der Waals surface area contributed by atoms with Crippen LogP contribution in [0.4, 0.5) is 10.5 Å². The van der Waals surface area contributed by atoms with Crippen molar-refractivity contribution in [2.45, 2.75) is 58.1 Å². The van der Waals surface area contributed by atoms with E-state index in [1.54, 1.807) is 4.90 Å². The fourth-order valence-electron chi connectivity index (χ4n) is 3.39. The highest BCUT2D eigenvalue weighted by Gasteiger charge is 2.29. The molecule has 1 aromatic rings. The second kappa shape index (κ2) is 8.60. The van der Waals surface area contributed by atoms with Crippen LogP contribution in [0.2, 0.25) is 0 Å². The molecule has 0 unspecified atom stereocenters. The largest absolute Gasteiger partial charge is 0.444 e. The number of carbonyl (C=O) groups excluding carboxylic acids is 1. The molecule has 1 aliphatic carbocycles. The van der Waals surface area contributed by atoms with Gasteiger partial charge in [0.15, 0.2) is 0 Å². The highest BCUT2D eigenvalue weighted by atomic mass is 127. The van der Waals surface area contributed by atoms with Crippen LogP contribution in [0.3, 0.4) is 0 Å². The monoisotopic (exact) mass is 458 g/mol. The van der Waals surface area contributed by atoms with Crippen LogP contribution in [-0.4, -0.2) is 43.3 Å². The summed E-state index contributed by atoms with van der Waals surface area (Å²) >= 11 is 2.34. The quantitative estimate of drug-likeness (QED) is 0.585. The number of amides is 1. The molecule has 0 saturated heterocycles. The zero-order valence-corrected chi connectivity index (χ0v) is 18.2. The van der Waals surface area contributed by atoms with Crippen LogP contribution >= 0.6 is 22.6 Å². The first-order valence-electron chi connectivity index (χ1n) is 9.08. The lowest BCUT2D eigenvalue weighted by Gasteiger charge is -2.36. The number of hydrogen-bond donors (Lipinski definition) is 0. The average molecular weight is 458 g/mol. The molecule has 1 fully saturated rings. The minimum atomic E-state index is -0.432. The minimum absolute atomic E-state index is 0.202. The molecule has 5 heteroatoms. The molecule has 1 amide bonds. The van der Waals surface area contributed by atoms with Gasteiger partial charge in [0.1, 0.15) is 5.60 Å². The maximum absolute atomic E-state index is 12.2. The molecular formula is C20H31IN2O2. The molecule has 25 heavy (non-hydrogen) atoms. The van der Waals surface area contributed by atoms with Gasteiger partial charge in [-0.15, -0.1) is 0 Å². The Balaban J connectivity index is 1.81. The van der Waals surface area contributed by atoms with Gasteiger partial charge in [0.05, 0.1) is 0 Å². The van der Waals surface area contributed by atoms with Gasteiger partial charge in [0.2, 0.25) is 0 Å². The Morgan fingerprint density at radius 1 is 1.12 bits per heavy atom. The van der Waals surface area contributed by atoms with Crippen LogP contribution in [0, 0.1) is 9.49 Å². The summed E-state index contributed by atoms with van der Waals surface area (Å²) in [5.41, 5.74) is 0.840. The van der Waals surface area contributed by atoms with Crippen LogP contribution < -0.4 is 4.90 Å². The average Bonchev–Trinajstić information content (AvgIpc) is 2.54. The van der Waals surface area contributed by atoms with E-state index in [4.69, 9.17) is 4.74 Å². The summed E-state index contributed by atoms with van der Waals surface area (Å²) < 4.78 is 6.75. The van der Waals surface area contributed by atoms with Crippen molar-refractivity contribution in [2.24, 2.45) is 5.92 Å². The van der Waals surface area contributed by atoms with E-state index in [9.17, 15) is 4.79 Å². The van der Waals surface area contributed by atoms with Crippen molar-refractivity contribution in [1.82, 2.24) is 4.90 Å². The number of ether oxygens (including phenoxy) is 1. The normalized spacial score (nSPS) is 20.9. The van der Waals surface area contributed by atoms with E-state index in [1.165, 1.54) is 9.26 Å². The maximum Gasteiger partial charge on any atom is 0.410 e. The molecule has 140 valence electrons. The van der Waals surface area contributed by atoms with Gasteiger partial charge in [-0.1, -0.05) is 0 Å². The fraction of sp³-hybridized carbons (Fsp3) is 0.650. The molecule has 1 aromatic carbocycles. The van der Waals surface area contributed by atoms with E-state index >= 15 is 0 Å². The SMILES string of the molecule is CN(CC1CCC(N(C)C(=O)OC(C)(C)C)CC1)c1ccc(I)cc1. The molecule has 0 bridgehead atoms. The summed E-state index contributed by atoms with van der Waals surface area (Å²) in [6.07, 6.45) is 4.23. The Labute approximate surface area is 166 Å². The van der Waals surface area contributed by atoms with Crippen molar-refractivity contribution < 1.29 is 9.53 Å². The molecule has 0 aromatic heterocycles. The first-order chi connectivity index (χ1) is 11.7. The van der Waals surface area contributed by atoms with Gasteiger partial charge < -0.3 is 14.5 Å². The summed E-state index contributed by atoms with van der Waals surface area (Å²) in [6.45, 7) is 6.81. The molecule has 0 atom stereocenters. The Kier molecular flexibility index (Phi) is 7.00. The van der Waals surface area contributed by atoms with Crippen molar-refractivity contribution in [2.75, 3.05) is 25.5 Å². The summed E-state index contributed by atoms with van der Waals surface area (Å²) in [6, 6.07) is 8.97. The second-order valence-electron chi connectivity index (χ2n) is 8.12. The smallest absolute Gasteiger partial charge is 0.410 e. The minimum Gasteiger partial charge on any atom is -0.444 e. The van der Waals surface area contributed by atoms with Crippen molar-refractivity contribution in [1.29, 1.82) is 0 Å². The third-order valence-corrected chi connectivity index (χ3v) is 5.56. The van der Waals surface area contributed by atoms with Gasteiger partial charge >= 0.3 is 6.09 Å². The highest BCUT2D eigenvalue weighted by Crippen LogP contribution is 2.29. The number of hydrogen-bond acceptors (Lipinski definition) is 3. The molecular weight excluding hydrogens is 427 g/mol. The van der Waals surface area contributed by atoms with Crippen LogP contribution in [0.5, 0.6) is 0 Å². The maximum atomic E-state index is 12.2. The molecule has 0 N–H and O–H groups in total. The molecule has 0 radical (unpaired) electrons. The first-order valence-corrected chi connectivity index (χ1v) is 10.2. The second-order valence-corrected chi connectivity index (χ2v) is 9.37. The van der Waals surface area contributed by atoms with Crippen molar-refractivity contribution in [3.63, 3.8) is 0 Å². The lowest BCUT2D eigenvalue weighted by molar-refractivity contribution is 0.0173. The van der Waals surface area contributed by atoms with Gasteiger partial charge in [-0.2, -0.15) is 0 Å². The standard InChI is InChI=1S/C20H31IN2O2/c1-20(2,3)25-19(24)23(5)18-10-6-15(7-11-18)14-22(4)17-12-8-16(21)9-13-17/h8-9,12-13,15,18H,6-7,10-11,14H2,1-5H3. The summed E-state index contributed by atoms with van der Waals surface area (Å²) in [5.74, 6) is 0.688. The van der Waals surface area contributed by atoms with E-state index in [0.717, 1.165) is 32.2 Å². The molecule has 0 heterocycles. The van der Waals surface area contributed by atoms with Crippen LogP contribution in [0.15, 0.2) is 24.3 Å². The summed E-state index contributed by atoms with van der Waals surface area (Å²) in [4.78, 5) is 16.4. The van der Waals surface area contributed by atoms with Gasteiger partial charge in [-0.3, -0.25) is 0 Å². The highest BCUT2D eigenvalue weighted by molar-refractivity contribution is 14.1. The van der Waals surface area contributed by atoms with Gasteiger partial charge in [-0.25, -0.2) is 4.79 Å². The number of carbonyl (C=O) groups is 1.